The summed E-state index contributed by atoms with van der Waals surface area (Å²) in [6, 6.07) is 10.2. The highest BCUT2D eigenvalue weighted by molar-refractivity contribution is 5.20. The van der Waals surface area contributed by atoms with Gasteiger partial charge in [-0.15, -0.1) is 0 Å². The van der Waals surface area contributed by atoms with E-state index in [0.717, 1.165) is 10.2 Å². The van der Waals surface area contributed by atoms with Gasteiger partial charge in [-0.05, 0) is 25.0 Å². The molecule has 1 aromatic carbocycles. The summed E-state index contributed by atoms with van der Waals surface area (Å²) >= 11 is 0. The Bertz CT molecular complexity index is 402. The van der Waals surface area contributed by atoms with E-state index in [4.69, 9.17) is 4.74 Å². The lowest BCUT2D eigenvalue weighted by molar-refractivity contribution is -0.931. The van der Waals surface area contributed by atoms with Crippen LogP contribution in [0.3, 0.4) is 0 Å². The van der Waals surface area contributed by atoms with E-state index >= 15 is 0 Å². The molecule has 0 saturated carbocycles. The molecule has 2 nitrogen and oxygen atoms in total. The van der Waals surface area contributed by atoms with E-state index in [1.165, 1.54) is 70.8 Å². The van der Waals surface area contributed by atoms with Gasteiger partial charge in [-0.3, -0.25) is 4.48 Å². The summed E-state index contributed by atoms with van der Waals surface area (Å²) in [4.78, 5) is 0. The fourth-order valence-corrected chi connectivity index (χ4v) is 3.03. The van der Waals surface area contributed by atoms with Gasteiger partial charge in [-0.25, -0.2) is 0 Å². The van der Waals surface area contributed by atoms with Crippen LogP contribution in [-0.2, 0) is 0 Å². The number of benzene rings is 1. The van der Waals surface area contributed by atoms with Gasteiger partial charge >= 0.3 is 0 Å². The molecule has 0 N–H and O–H groups in total. The molecule has 0 saturated heterocycles. The van der Waals surface area contributed by atoms with Crippen LogP contribution in [0.5, 0.6) is 5.75 Å². The van der Waals surface area contributed by atoms with Crippen molar-refractivity contribution in [3.63, 3.8) is 0 Å². The van der Waals surface area contributed by atoms with E-state index in [2.05, 4.69) is 27.9 Å². The van der Waals surface area contributed by atoms with E-state index in [9.17, 15) is 0 Å². The van der Waals surface area contributed by atoms with Crippen molar-refractivity contribution in [2.24, 2.45) is 0 Å². The van der Waals surface area contributed by atoms with Crippen molar-refractivity contribution in [1.29, 1.82) is 0 Å². The maximum atomic E-state index is 6.09. The second-order valence-corrected chi connectivity index (χ2v) is 7.71. The zero-order chi connectivity index (χ0) is 17.7. The van der Waals surface area contributed by atoms with Gasteiger partial charge in [-0.2, -0.15) is 0 Å². The molecule has 0 bridgehead atoms. The van der Waals surface area contributed by atoms with Gasteiger partial charge in [0.1, 0.15) is 5.75 Å². The highest BCUT2D eigenvalue weighted by Gasteiger charge is 2.24. The number of unbranched alkanes of at least 4 members (excludes halogenated alkanes) is 9. The minimum Gasteiger partial charge on any atom is -0.443 e. The molecule has 138 valence electrons. The molecule has 2 heteroatoms. The van der Waals surface area contributed by atoms with Crippen molar-refractivity contribution < 1.29 is 9.22 Å². The summed E-state index contributed by atoms with van der Waals surface area (Å²) in [7, 11) is 4.56. The SMILES string of the molecule is CCCCCCCCCCCC[N+](C)(C)C(C)Oc1ccccc1. The summed E-state index contributed by atoms with van der Waals surface area (Å²) in [5.41, 5.74) is 0. The predicted molar refractivity (Wildman–Crippen MR) is 105 cm³/mol. The van der Waals surface area contributed by atoms with E-state index < -0.39 is 0 Å². The van der Waals surface area contributed by atoms with Gasteiger partial charge in [0.2, 0.25) is 6.23 Å². The first kappa shape index (κ1) is 21.0. The van der Waals surface area contributed by atoms with Gasteiger partial charge in [0.25, 0.3) is 0 Å². The third-order valence-corrected chi connectivity index (χ3v) is 5.12. The molecule has 0 radical (unpaired) electrons. The molecule has 1 aromatic rings. The minimum absolute atomic E-state index is 0.186. The van der Waals surface area contributed by atoms with E-state index in [1.807, 2.05) is 30.3 Å². The number of nitrogens with zero attached hydrogens (tertiary/aromatic N) is 1. The topological polar surface area (TPSA) is 9.23 Å². The number of hydrogen-bond acceptors (Lipinski definition) is 1. The molecule has 0 aromatic heterocycles. The summed E-state index contributed by atoms with van der Waals surface area (Å²) < 4.78 is 7.02. The second kappa shape index (κ2) is 12.4. The van der Waals surface area contributed by atoms with Crippen LogP contribution in [0.1, 0.15) is 78.1 Å². The lowest BCUT2D eigenvalue weighted by Gasteiger charge is -2.35. The van der Waals surface area contributed by atoms with E-state index in [-0.39, 0.29) is 6.23 Å². The quantitative estimate of drug-likeness (QED) is 0.217. The van der Waals surface area contributed by atoms with Gasteiger partial charge in [0.05, 0.1) is 20.6 Å². The first-order chi connectivity index (χ1) is 11.6. The molecule has 0 aliphatic carbocycles. The maximum absolute atomic E-state index is 6.09. The summed E-state index contributed by atoms with van der Waals surface area (Å²) in [6.45, 7) is 5.65. The lowest BCUT2D eigenvalue weighted by Crippen LogP contribution is -2.50. The van der Waals surface area contributed by atoms with Crippen LogP contribution in [0.25, 0.3) is 0 Å². The van der Waals surface area contributed by atoms with Crippen molar-refractivity contribution >= 4 is 0 Å². The van der Waals surface area contributed by atoms with Crippen LogP contribution >= 0.6 is 0 Å². The Morgan fingerprint density at radius 1 is 0.792 bits per heavy atom. The Morgan fingerprint density at radius 2 is 1.29 bits per heavy atom. The van der Waals surface area contributed by atoms with Crippen molar-refractivity contribution in [2.45, 2.75) is 84.3 Å². The Kier molecular flexibility index (Phi) is 10.8. The Hall–Kier alpha value is -1.02. The number of rotatable bonds is 14. The molecule has 0 fully saturated rings. The highest BCUT2D eigenvalue weighted by atomic mass is 16.5. The monoisotopic (exact) mass is 334 g/mol. The number of hydrogen-bond donors (Lipinski definition) is 0. The van der Waals surface area contributed by atoms with E-state index in [1.54, 1.807) is 0 Å². The fraction of sp³-hybridized carbons (Fsp3) is 0.727. The number of quaternary nitrogens is 1. The average Bonchev–Trinajstić information content (AvgIpc) is 2.57. The third kappa shape index (κ3) is 9.32. The zero-order valence-corrected chi connectivity index (χ0v) is 16.6. The van der Waals surface area contributed by atoms with Crippen molar-refractivity contribution in [1.82, 2.24) is 0 Å². The molecule has 0 aliphatic rings. The third-order valence-electron chi connectivity index (χ3n) is 5.12. The van der Waals surface area contributed by atoms with Crippen LogP contribution in [0.15, 0.2) is 30.3 Å². The molecule has 1 atom stereocenters. The summed E-state index contributed by atoms with van der Waals surface area (Å²) in [6.07, 6.45) is 14.1. The highest BCUT2D eigenvalue weighted by Crippen LogP contribution is 2.17. The Balaban J connectivity index is 2.08. The molecule has 0 spiro atoms. The van der Waals surface area contributed by atoms with Gasteiger partial charge < -0.3 is 4.74 Å². The molecule has 1 unspecified atom stereocenters. The molecule has 0 heterocycles. The summed E-state index contributed by atoms with van der Waals surface area (Å²) in [5, 5.41) is 0. The number of para-hydroxylation sites is 1. The molecule has 24 heavy (non-hydrogen) atoms. The Morgan fingerprint density at radius 3 is 1.83 bits per heavy atom. The second-order valence-electron chi connectivity index (χ2n) is 7.71. The maximum Gasteiger partial charge on any atom is 0.230 e. The van der Waals surface area contributed by atoms with Crippen molar-refractivity contribution in [2.75, 3.05) is 20.6 Å². The fourth-order valence-electron chi connectivity index (χ4n) is 3.03. The van der Waals surface area contributed by atoms with Crippen LogP contribution < -0.4 is 4.74 Å². The Labute approximate surface area is 150 Å². The van der Waals surface area contributed by atoms with Crippen LogP contribution in [0, 0.1) is 0 Å². The molecule has 0 amide bonds. The van der Waals surface area contributed by atoms with Gasteiger partial charge in [-0.1, -0.05) is 76.5 Å². The van der Waals surface area contributed by atoms with Crippen molar-refractivity contribution in [3.05, 3.63) is 30.3 Å². The summed E-state index contributed by atoms with van der Waals surface area (Å²) in [5.74, 6) is 0.972. The van der Waals surface area contributed by atoms with Crippen molar-refractivity contribution in [3.8, 4) is 5.75 Å². The first-order valence-corrected chi connectivity index (χ1v) is 10.1. The van der Waals surface area contributed by atoms with E-state index in [0.29, 0.717) is 0 Å². The predicted octanol–water partition coefficient (Wildman–Crippen LogP) is 6.41. The minimum atomic E-state index is 0.186. The largest absolute Gasteiger partial charge is 0.443 e. The zero-order valence-electron chi connectivity index (χ0n) is 16.6. The number of ether oxygens (including phenoxy) is 1. The smallest absolute Gasteiger partial charge is 0.230 e. The molecule has 1 rings (SSSR count). The average molecular weight is 335 g/mol. The van der Waals surface area contributed by atoms with Gasteiger partial charge in [0.15, 0.2) is 0 Å². The lowest BCUT2D eigenvalue weighted by atomic mass is 10.1. The molecular formula is C22H40NO+. The van der Waals surface area contributed by atoms with Crippen LogP contribution in [-0.4, -0.2) is 31.4 Å². The first-order valence-electron chi connectivity index (χ1n) is 10.1. The van der Waals surface area contributed by atoms with Crippen LogP contribution in [0.2, 0.25) is 0 Å². The van der Waals surface area contributed by atoms with Crippen LogP contribution in [0.4, 0.5) is 0 Å². The molecular weight excluding hydrogens is 294 g/mol. The normalized spacial score (nSPS) is 13.0. The van der Waals surface area contributed by atoms with Gasteiger partial charge in [0, 0.05) is 6.92 Å². The standard InChI is InChI=1S/C22H40NO/c1-5-6-7-8-9-10-11-12-13-17-20-23(3,4)21(2)24-22-18-15-14-16-19-22/h14-16,18-19,21H,5-13,17,20H2,1-4H3/q+1. The molecule has 0 aliphatic heterocycles.